The van der Waals surface area contributed by atoms with Crippen LogP contribution in [0.25, 0.3) is 11.1 Å². The Hall–Kier alpha value is -4.10. The van der Waals surface area contributed by atoms with Crippen LogP contribution < -0.4 is 20.1 Å². The minimum atomic E-state index is -5.08. The predicted molar refractivity (Wildman–Crippen MR) is 126 cm³/mol. The second kappa shape index (κ2) is 12.2. The Morgan fingerprint density at radius 2 is 1.92 bits per heavy atom. The summed E-state index contributed by atoms with van der Waals surface area (Å²) in [6.07, 6.45) is -1.03. The van der Waals surface area contributed by atoms with Crippen molar-refractivity contribution >= 4 is 17.6 Å². The van der Waals surface area contributed by atoms with Gasteiger partial charge in [0.15, 0.2) is 0 Å². The van der Waals surface area contributed by atoms with Crippen molar-refractivity contribution in [2.75, 3.05) is 25.6 Å². The first-order valence-corrected chi connectivity index (χ1v) is 11.0. The lowest BCUT2D eigenvalue weighted by molar-refractivity contribution is -0.192. The Kier molecular flexibility index (Phi) is 9.09. The van der Waals surface area contributed by atoms with Crippen LogP contribution in [0.3, 0.4) is 0 Å². The number of aromatic amines is 1. The topological polar surface area (TPSA) is 146 Å². The molecule has 0 saturated heterocycles. The number of ether oxygens (including phenoxy) is 2. The molecule has 1 aromatic heterocycles. The number of aromatic nitrogens is 2. The van der Waals surface area contributed by atoms with Gasteiger partial charge in [-0.25, -0.2) is 4.79 Å². The number of carbonyl (C=O) groups is 2. The lowest BCUT2D eigenvalue weighted by atomic mass is 9.95. The fourth-order valence-corrected chi connectivity index (χ4v) is 3.51. The number of aliphatic carboxylic acids is 1. The summed E-state index contributed by atoms with van der Waals surface area (Å²) in [6.45, 7) is 0.628. The third kappa shape index (κ3) is 7.44. The number of halogens is 3. The molecule has 0 saturated carbocycles. The zero-order valence-electron chi connectivity index (χ0n) is 19.6. The van der Waals surface area contributed by atoms with E-state index in [2.05, 4.69) is 20.8 Å². The molecule has 1 amide bonds. The van der Waals surface area contributed by atoms with Crippen LogP contribution in [0.5, 0.6) is 11.5 Å². The number of nitrogens with zero attached hydrogens (tertiary/aromatic N) is 1. The molecular formula is C24H25F3N4O6. The van der Waals surface area contributed by atoms with Crippen LogP contribution >= 0.6 is 0 Å². The Bertz CT molecular complexity index is 1220. The van der Waals surface area contributed by atoms with Crippen LogP contribution in [0.1, 0.15) is 11.1 Å². The summed E-state index contributed by atoms with van der Waals surface area (Å²) < 4.78 is 42.7. The molecule has 0 radical (unpaired) electrons. The summed E-state index contributed by atoms with van der Waals surface area (Å²) in [7, 11) is 1.63. The van der Waals surface area contributed by atoms with Crippen molar-refractivity contribution in [1.82, 2.24) is 15.5 Å². The number of H-pyrrole nitrogens is 1. The quantitative estimate of drug-likeness (QED) is 0.319. The molecule has 2 heterocycles. The van der Waals surface area contributed by atoms with Gasteiger partial charge in [0.2, 0.25) is 5.91 Å². The van der Waals surface area contributed by atoms with Gasteiger partial charge in [-0.15, -0.1) is 0 Å². The molecule has 1 aliphatic rings. The van der Waals surface area contributed by atoms with E-state index in [1.165, 1.54) is 0 Å². The molecule has 13 heteroatoms. The van der Waals surface area contributed by atoms with Crippen LogP contribution in [0, 0.1) is 0 Å². The first-order chi connectivity index (χ1) is 17.6. The molecule has 3 aromatic rings. The Morgan fingerprint density at radius 1 is 1.16 bits per heavy atom. The molecule has 0 bridgehead atoms. The van der Waals surface area contributed by atoms with E-state index in [0.717, 1.165) is 28.0 Å². The second-order valence-electron chi connectivity index (χ2n) is 7.83. The molecule has 198 valence electrons. The van der Waals surface area contributed by atoms with Gasteiger partial charge < -0.3 is 30.3 Å². The van der Waals surface area contributed by atoms with E-state index in [-0.39, 0.29) is 25.2 Å². The van der Waals surface area contributed by atoms with Crippen molar-refractivity contribution in [2.24, 2.45) is 0 Å². The highest BCUT2D eigenvalue weighted by Gasteiger charge is 2.38. The molecule has 0 spiro atoms. The van der Waals surface area contributed by atoms with Crippen LogP contribution in [0.15, 0.2) is 48.8 Å². The van der Waals surface area contributed by atoms with Gasteiger partial charge in [-0.2, -0.15) is 18.3 Å². The normalized spacial score (nSPS) is 14.6. The molecular weight excluding hydrogens is 497 g/mol. The lowest BCUT2D eigenvalue weighted by Gasteiger charge is -2.26. The van der Waals surface area contributed by atoms with Crippen molar-refractivity contribution in [3.63, 3.8) is 0 Å². The van der Waals surface area contributed by atoms with E-state index >= 15 is 0 Å². The summed E-state index contributed by atoms with van der Waals surface area (Å²) in [5.74, 6) is -1.63. The number of aliphatic hydroxyl groups is 1. The number of nitrogens with one attached hydrogen (secondary N) is 3. The van der Waals surface area contributed by atoms with Gasteiger partial charge in [0.25, 0.3) is 0 Å². The molecule has 37 heavy (non-hydrogen) atoms. The van der Waals surface area contributed by atoms with Crippen LogP contribution in [0.2, 0.25) is 0 Å². The van der Waals surface area contributed by atoms with Crippen molar-refractivity contribution in [2.45, 2.75) is 25.2 Å². The standard InChI is InChI=1S/C22H24N4O4.C2HF3O2/c1-29-18-4-2-15-11-23-20(9-16(15)8-18)22(28)26-19-5-3-14(17-12-24-25-13-17)10-21(19)30-7-6-27;3-2(4,5)1(6)7/h2-5,8,10,12-13,20,23,27H,6-7,9,11H2,1H3,(H,24,25)(H,26,28);(H,6,7)/t20-;/m1./s1. The van der Waals surface area contributed by atoms with Crippen LogP contribution in [-0.2, 0) is 22.6 Å². The van der Waals surface area contributed by atoms with Gasteiger partial charge in [-0.1, -0.05) is 12.1 Å². The molecule has 2 aromatic carbocycles. The minimum Gasteiger partial charge on any atom is -0.497 e. The molecule has 1 atom stereocenters. The second-order valence-corrected chi connectivity index (χ2v) is 7.83. The summed E-state index contributed by atoms with van der Waals surface area (Å²) in [6, 6.07) is 11.1. The number of carbonyl (C=O) groups excluding carboxylic acids is 1. The third-order valence-corrected chi connectivity index (χ3v) is 5.36. The number of hydrogen-bond acceptors (Lipinski definition) is 7. The summed E-state index contributed by atoms with van der Waals surface area (Å²) in [5, 5.41) is 29.3. The fourth-order valence-electron chi connectivity index (χ4n) is 3.51. The van der Waals surface area contributed by atoms with Gasteiger partial charge in [0.05, 0.1) is 31.6 Å². The average molecular weight is 522 g/mol. The molecule has 10 nitrogen and oxygen atoms in total. The van der Waals surface area contributed by atoms with Gasteiger partial charge in [0, 0.05) is 18.3 Å². The fraction of sp³-hybridized carbons (Fsp3) is 0.292. The van der Waals surface area contributed by atoms with E-state index in [4.69, 9.17) is 24.5 Å². The SMILES string of the molecule is COc1ccc2c(c1)C[C@H](C(=O)Nc1ccc(-c3cn[nH]c3)cc1OCCO)NC2.O=C(O)C(F)(F)F. The smallest absolute Gasteiger partial charge is 0.490 e. The van der Waals surface area contributed by atoms with Gasteiger partial charge >= 0.3 is 12.1 Å². The predicted octanol–water partition coefficient (Wildman–Crippen LogP) is 2.74. The number of carboxylic acid groups (broad SMARTS) is 1. The highest BCUT2D eigenvalue weighted by Crippen LogP contribution is 2.31. The molecule has 1 aliphatic heterocycles. The number of anilines is 1. The van der Waals surface area contributed by atoms with E-state index < -0.39 is 12.1 Å². The van der Waals surface area contributed by atoms with Gasteiger partial charge in [0.1, 0.15) is 18.1 Å². The average Bonchev–Trinajstić information content (AvgIpc) is 3.42. The van der Waals surface area contributed by atoms with Crippen LogP contribution in [0.4, 0.5) is 18.9 Å². The van der Waals surface area contributed by atoms with Crippen molar-refractivity contribution < 1.29 is 42.4 Å². The number of amides is 1. The summed E-state index contributed by atoms with van der Waals surface area (Å²) in [5.41, 5.74) is 4.61. The van der Waals surface area contributed by atoms with E-state index in [1.807, 2.05) is 30.3 Å². The van der Waals surface area contributed by atoms with Gasteiger partial charge in [-0.3, -0.25) is 9.89 Å². The zero-order chi connectivity index (χ0) is 27.0. The van der Waals surface area contributed by atoms with E-state index in [1.54, 1.807) is 25.6 Å². The number of carboxylic acids is 1. The molecule has 0 fully saturated rings. The first-order valence-electron chi connectivity index (χ1n) is 11.0. The van der Waals surface area contributed by atoms with Crippen molar-refractivity contribution in [3.8, 4) is 22.6 Å². The maximum Gasteiger partial charge on any atom is 0.490 e. The Labute approximate surface area is 209 Å². The zero-order valence-corrected chi connectivity index (χ0v) is 19.6. The molecule has 4 rings (SSSR count). The third-order valence-electron chi connectivity index (χ3n) is 5.36. The van der Waals surface area contributed by atoms with E-state index in [0.29, 0.717) is 24.4 Å². The monoisotopic (exact) mass is 522 g/mol. The number of fused-ring (bicyclic) bond motifs is 1. The van der Waals surface area contributed by atoms with E-state index in [9.17, 15) is 18.0 Å². The maximum absolute atomic E-state index is 12.9. The number of aliphatic hydroxyl groups excluding tert-OH is 1. The summed E-state index contributed by atoms with van der Waals surface area (Å²) in [4.78, 5) is 21.8. The van der Waals surface area contributed by atoms with Crippen LogP contribution in [-0.4, -0.2) is 64.8 Å². The number of benzene rings is 2. The van der Waals surface area contributed by atoms with Gasteiger partial charge in [-0.05, 0) is 47.4 Å². The first kappa shape index (κ1) is 27.5. The maximum atomic E-state index is 12.9. The molecule has 0 aliphatic carbocycles. The highest BCUT2D eigenvalue weighted by molar-refractivity contribution is 5.97. The number of hydrogen-bond donors (Lipinski definition) is 5. The molecule has 0 unspecified atom stereocenters. The minimum absolute atomic E-state index is 0.119. The number of alkyl halides is 3. The highest BCUT2D eigenvalue weighted by atomic mass is 19.4. The Morgan fingerprint density at radius 3 is 2.54 bits per heavy atom. The lowest BCUT2D eigenvalue weighted by Crippen LogP contribution is -2.44. The molecule has 5 N–H and O–H groups in total. The van der Waals surface area contributed by atoms with Crippen molar-refractivity contribution in [3.05, 3.63) is 59.9 Å². The van der Waals surface area contributed by atoms with Crippen molar-refractivity contribution in [1.29, 1.82) is 0 Å². The largest absolute Gasteiger partial charge is 0.497 e. The Balaban J connectivity index is 0.000000479. The summed E-state index contributed by atoms with van der Waals surface area (Å²) >= 11 is 0. The number of rotatable bonds is 7. The number of methoxy groups -OCH3 is 1.